The monoisotopic (exact) mass is 440 g/mol. The summed E-state index contributed by atoms with van der Waals surface area (Å²) in [6.45, 7) is 0. The Balaban J connectivity index is 1.76. The molecule has 0 saturated carbocycles. The van der Waals surface area contributed by atoms with E-state index in [0.29, 0.717) is 16.5 Å². The molecule has 158 valence electrons. The van der Waals surface area contributed by atoms with Crippen LogP contribution >= 0.6 is 11.6 Å². The van der Waals surface area contributed by atoms with E-state index in [2.05, 4.69) is 29.2 Å². The quantitative estimate of drug-likeness (QED) is 0.313. The van der Waals surface area contributed by atoms with Crippen molar-refractivity contribution >= 4 is 22.4 Å². The summed E-state index contributed by atoms with van der Waals surface area (Å²) in [7, 11) is 3.25. The van der Waals surface area contributed by atoms with E-state index in [1.54, 1.807) is 14.2 Å². The predicted molar refractivity (Wildman–Crippen MR) is 131 cm³/mol. The minimum Gasteiger partial charge on any atom is -0.493 e. The SMILES string of the molecule is COc1ccc(-c2nc(-c3cccc4ccccc34)[nH]c2-c2ccccc2Cl)cc1OC. The maximum atomic E-state index is 6.58. The molecule has 5 heteroatoms. The first kappa shape index (κ1) is 20.2. The third kappa shape index (κ3) is 3.49. The molecule has 1 N–H and O–H groups in total. The lowest BCUT2D eigenvalue weighted by Gasteiger charge is -2.10. The molecule has 0 radical (unpaired) electrons. The highest BCUT2D eigenvalue weighted by atomic mass is 35.5. The number of halogens is 1. The van der Waals surface area contributed by atoms with Crippen molar-refractivity contribution in [3.05, 3.63) is 90.0 Å². The van der Waals surface area contributed by atoms with E-state index >= 15 is 0 Å². The molecule has 1 aromatic heterocycles. The van der Waals surface area contributed by atoms with Gasteiger partial charge in [-0.15, -0.1) is 0 Å². The fourth-order valence-electron chi connectivity index (χ4n) is 3.98. The highest BCUT2D eigenvalue weighted by molar-refractivity contribution is 6.33. The van der Waals surface area contributed by atoms with E-state index in [-0.39, 0.29) is 0 Å². The van der Waals surface area contributed by atoms with Gasteiger partial charge in [0.1, 0.15) is 5.82 Å². The number of benzene rings is 4. The van der Waals surface area contributed by atoms with Gasteiger partial charge < -0.3 is 14.5 Å². The number of fused-ring (bicyclic) bond motifs is 1. The van der Waals surface area contributed by atoms with Crippen molar-refractivity contribution in [2.75, 3.05) is 14.2 Å². The molecule has 4 aromatic carbocycles. The summed E-state index contributed by atoms with van der Waals surface area (Å²) < 4.78 is 10.9. The number of nitrogens with zero attached hydrogens (tertiary/aromatic N) is 1. The summed E-state index contributed by atoms with van der Waals surface area (Å²) in [6.07, 6.45) is 0. The van der Waals surface area contributed by atoms with Crippen LogP contribution in [0.15, 0.2) is 84.9 Å². The lowest BCUT2D eigenvalue weighted by molar-refractivity contribution is 0.355. The number of hydrogen-bond donors (Lipinski definition) is 1. The van der Waals surface area contributed by atoms with Crippen LogP contribution in [0.2, 0.25) is 5.02 Å². The molecule has 0 bridgehead atoms. The Hall–Kier alpha value is -3.76. The molecule has 0 fully saturated rings. The zero-order chi connectivity index (χ0) is 22.1. The first-order chi connectivity index (χ1) is 15.7. The van der Waals surface area contributed by atoms with E-state index < -0.39 is 0 Å². The van der Waals surface area contributed by atoms with Crippen LogP contribution in [0.1, 0.15) is 0 Å². The molecule has 5 rings (SSSR count). The number of rotatable bonds is 5. The lowest BCUT2D eigenvalue weighted by atomic mass is 10.0. The number of imidazole rings is 1. The van der Waals surface area contributed by atoms with E-state index in [4.69, 9.17) is 26.1 Å². The number of methoxy groups -OCH3 is 2. The van der Waals surface area contributed by atoms with E-state index in [1.165, 1.54) is 0 Å². The van der Waals surface area contributed by atoms with Gasteiger partial charge in [-0.1, -0.05) is 72.3 Å². The van der Waals surface area contributed by atoms with Gasteiger partial charge in [0.2, 0.25) is 0 Å². The molecule has 0 aliphatic rings. The summed E-state index contributed by atoms with van der Waals surface area (Å²) in [5.74, 6) is 2.09. The molecule has 0 aliphatic heterocycles. The molecule has 1 heterocycles. The molecule has 0 saturated heterocycles. The Morgan fingerprint density at radius 1 is 0.750 bits per heavy atom. The Bertz CT molecular complexity index is 1420. The first-order valence-corrected chi connectivity index (χ1v) is 10.6. The van der Waals surface area contributed by atoms with Crippen molar-refractivity contribution in [3.8, 4) is 45.4 Å². The van der Waals surface area contributed by atoms with Gasteiger partial charge in [-0.3, -0.25) is 0 Å². The first-order valence-electron chi connectivity index (χ1n) is 10.2. The molecular formula is C27H21ClN2O2. The summed E-state index contributed by atoms with van der Waals surface area (Å²) in [5, 5.41) is 2.95. The predicted octanol–water partition coefficient (Wildman–Crippen LogP) is 7.23. The largest absolute Gasteiger partial charge is 0.493 e. The smallest absolute Gasteiger partial charge is 0.161 e. The highest BCUT2D eigenvalue weighted by Gasteiger charge is 2.19. The van der Waals surface area contributed by atoms with E-state index in [0.717, 1.165) is 44.7 Å². The Morgan fingerprint density at radius 2 is 1.47 bits per heavy atom. The number of H-pyrrole nitrogens is 1. The second kappa shape index (κ2) is 8.40. The molecule has 0 aliphatic carbocycles. The third-order valence-electron chi connectivity index (χ3n) is 5.55. The molecule has 0 amide bonds. The minimum absolute atomic E-state index is 0.643. The van der Waals surface area contributed by atoms with Crippen LogP contribution in [-0.2, 0) is 0 Å². The number of ether oxygens (including phenoxy) is 2. The van der Waals surface area contributed by atoms with Crippen LogP contribution in [0.5, 0.6) is 11.5 Å². The van der Waals surface area contributed by atoms with Gasteiger partial charge in [-0.2, -0.15) is 0 Å². The summed E-state index contributed by atoms with van der Waals surface area (Å²) >= 11 is 6.58. The van der Waals surface area contributed by atoms with E-state index in [1.807, 2.05) is 60.7 Å². The Labute approximate surface area is 191 Å². The van der Waals surface area contributed by atoms with Crippen molar-refractivity contribution in [2.45, 2.75) is 0 Å². The van der Waals surface area contributed by atoms with Crippen LogP contribution in [0.3, 0.4) is 0 Å². The maximum absolute atomic E-state index is 6.58. The number of nitrogens with one attached hydrogen (secondary N) is 1. The van der Waals surface area contributed by atoms with Gasteiger partial charge in [0.15, 0.2) is 11.5 Å². The lowest BCUT2D eigenvalue weighted by Crippen LogP contribution is -1.92. The average molecular weight is 441 g/mol. The van der Waals surface area contributed by atoms with Crippen LogP contribution in [-0.4, -0.2) is 24.2 Å². The van der Waals surface area contributed by atoms with Crippen molar-refractivity contribution in [2.24, 2.45) is 0 Å². The normalized spacial score (nSPS) is 11.0. The summed E-state index contributed by atoms with van der Waals surface area (Å²) in [5.41, 5.74) is 4.47. The van der Waals surface area contributed by atoms with Gasteiger partial charge in [0.05, 0.1) is 25.6 Å². The van der Waals surface area contributed by atoms with Gasteiger partial charge in [0, 0.05) is 21.7 Å². The minimum atomic E-state index is 0.643. The van der Waals surface area contributed by atoms with Crippen LogP contribution < -0.4 is 9.47 Å². The van der Waals surface area contributed by atoms with Crippen LogP contribution in [0, 0.1) is 0 Å². The maximum Gasteiger partial charge on any atom is 0.161 e. The third-order valence-corrected chi connectivity index (χ3v) is 5.88. The summed E-state index contributed by atoms with van der Waals surface area (Å²) in [6, 6.07) is 28.1. The van der Waals surface area contributed by atoms with Crippen molar-refractivity contribution in [3.63, 3.8) is 0 Å². The van der Waals surface area contributed by atoms with E-state index in [9.17, 15) is 0 Å². The Kier molecular flexibility index (Phi) is 5.29. The molecule has 32 heavy (non-hydrogen) atoms. The van der Waals surface area contributed by atoms with Gasteiger partial charge in [0.25, 0.3) is 0 Å². The fraction of sp³-hybridized carbons (Fsp3) is 0.0741. The Morgan fingerprint density at radius 3 is 2.28 bits per heavy atom. The number of aromatic nitrogens is 2. The van der Waals surface area contributed by atoms with Crippen molar-refractivity contribution < 1.29 is 9.47 Å². The molecule has 0 unspecified atom stereocenters. The fourth-order valence-corrected chi connectivity index (χ4v) is 4.21. The van der Waals surface area contributed by atoms with Crippen LogP contribution in [0.25, 0.3) is 44.7 Å². The second-order valence-corrected chi connectivity index (χ2v) is 7.79. The van der Waals surface area contributed by atoms with Crippen LogP contribution in [0.4, 0.5) is 0 Å². The van der Waals surface area contributed by atoms with Crippen molar-refractivity contribution in [1.29, 1.82) is 0 Å². The van der Waals surface area contributed by atoms with Crippen molar-refractivity contribution in [1.82, 2.24) is 9.97 Å². The number of aromatic amines is 1. The topological polar surface area (TPSA) is 47.1 Å². The van der Waals surface area contributed by atoms with Gasteiger partial charge >= 0.3 is 0 Å². The van der Waals surface area contributed by atoms with Gasteiger partial charge in [-0.25, -0.2) is 4.98 Å². The zero-order valence-corrected chi connectivity index (χ0v) is 18.5. The van der Waals surface area contributed by atoms with Gasteiger partial charge in [-0.05, 0) is 35.0 Å². The standard InChI is InChI=1S/C27H21ClN2O2/c1-31-23-15-14-18(16-24(23)32-2)25-26(21-11-5-6-13-22(21)28)30-27(29-25)20-12-7-9-17-8-3-4-10-19(17)20/h3-16H,1-2H3,(H,29,30). The zero-order valence-electron chi connectivity index (χ0n) is 17.7. The highest BCUT2D eigenvalue weighted by Crippen LogP contribution is 2.40. The number of hydrogen-bond acceptors (Lipinski definition) is 3. The molecule has 5 aromatic rings. The summed E-state index contributed by atoms with van der Waals surface area (Å²) in [4.78, 5) is 8.58. The molecule has 4 nitrogen and oxygen atoms in total. The second-order valence-electron chi connectivity index (χ2n) is 7.39. The molecular weight excluding hydrogens is 420 g/mol. The molecule has 0 atom stereocenters. The average Bonchev–Trinajstić information content (AvgIpc) is 3.28. The molecule has 0 spiro atoms.